The Hall–Kier alpha value is -2.35. The normalized spacial score (nSPS) is 14.4. The molecule has 29 heavy (non-hydrogen) atoms. The van der Waals surface area contributed by atoms with Crippen LogP contribution in [0.1, 0.15) is 12.5 Å². The second-order valence-corrected chi connectivity index (χ2v) is 8.93. The van der Waals surface area contributed by atoms with E-state index in [-0.39, 0.29) is 20.4 Å². The van der Waals surface area contributed by atoms with Gasteiger partial charge in [-0.25, -0.2) is 8.42 Å². The Morgan fingerprint density at radius 1 is 0.862 bits per heavy atom. The van der Waals surface area contributed by atoms with Crippen molar-refractivity contribution in [3.8, 4) is 11.1 Å². The molecule has 0 aromatic heterocycles. The Morgan fingerprint density at radius 3 is 1.93 bits per heavy atom. The third kappa shape index (κ3) is 4.03. The molecule has 0 unspecified atom stereocenters. The average Bonchev–Trinajstić information content (AvgIpc) is 2.67. The van der Waals surface area contributed by atoms with Crippen LogP contribution in [0.3, 0.4) is 0 Å². The predicted molar refractivity (Wildman–Crippen MR) is 104 cm³/mol. The van der Waals surface area contributed by atoms with Gasteiger partial charge in [-0.1, -0.05) is 60.1 Å². The Balaban J connectivity index is 1.95. The van der Waals surface area contributed by atoms with E-state index in [1.54, 1.807) is 18.2 Å². The first-order chi connectivity index (χ1) is 13.4. The maximum atomic E-state index is 13.0. The fourth-order valence-corrected chi connectivity index (χ4v) is 4.59. The standard InChI is InChI=1S/C21H16ClF3O3S/c1-20(26,21(23,24)25)16-10-7-14(8-11-16)15-9-12-19(18(22)13-15)29(27,28)17-5-3-2-4-6-17/h2-13,26H,1H3/t20-/m1/s1. The second-order valence-electron chi connectivity index (χ2n) is 6.61. The lowest BCUT2D eigenvalue weighted by molar-refractivity contribution is -0.258. The molecular weight excluding hydrogens is 425 g/mol. The molecule has 0 heterocycles. The quantitative estimate of drug-likeness (QED) is 0.573. The first-order valence-corrected chi connectivity index (χ1v) is 10.3. The molecule has 0 saturated heterocycles. The van der Waals surface area contributed by atoms with E-state index in [2.05, 4.69) is 0 Å². The number of rotatable bonds is 4. The van der Waals surface area contributed by atoms with Crippen LogP contribution in [0.4, 0.5) is 13.2 Å². The van der Waals surface area contributed by atoms with Crippen molar-refractivity contribution in [1.29, 1.82) is 0 Å². The summed E-state index contributed by atoms with van der Waals surface area (Å²) in [6.45, 7) is 0.683. The zero-order chi connectivity index (χ0) is 21.4. The van der Waals surface area contributed by atoms with Gasteiger partial charge in [0, 0.05) is 0 Å². The fraction of sp³-hybridized carbons (Fsp3) is 0.143. The van der Waals surface area contributed by atoms with E-state index in [0.29, 0.717) is 18.1 Å². The molecular formula is C21H16ClF3O3S. The molecule has 3 nitrogen and oxygen atoms in total. The van der Waals surface area contributed by atoms with Gasteiger partial charge in [-0.15, -0.1) is 0 Å². The minimum absolute atomic E-state index is 0.00211. The molecule has 8 heteroatoms. The molecule has 0 fully saturated rings. The van der Waals surface area contributed by atoms with Crippen LogP contribution in [-0.4, -0.2) is 19.7 Å². The third-order valence-corrected chi connectivity index (χ3v) is 6.86. The van der Waals surface area contributed by atoms with Gasteiger partial charge in [0.2, 0.25) is 9.84 Å². The van der Waals surface area contributed by atoms with Gasteiger partial charge in [0.1, 0.15) is 0 Å². The number of sulfone groups is 1. The highest BCUT2D eigenvalue weighted by molar-refractivity contribution is 7.91. The zero-order valence-corrected chi connectivity index (χ0v) is 16.7. The van der Waals surface area contributed by atoms with Crippen molar-refractivity contribution in [2.24, 2.45) is 0 Å². The summed E-state index contributed by atoms with van der Waals surface area (Å²) in [4.78, 5) is 0.0409. The lowest BCUT2D eigenvalue weighted by atomic mass is 9.93. The van der Waals surface area contributed by atoms with Gasteiger partial charge in [-0.2, -0.15) is 13.2 Å². The monoisotopic (exact) mass is 440 g/mol. The van der Waals surface area contributed by atoms with Gasteiger partial charge in [0.15, 0.2) is 5.60 Å². The Morgan fingerprint density at radius 2 is 1.41 bits per heavy atom. The van der Waals surface area contributed by atoms with E-state index >= 15 is 0 Å². The molecule has 0 aliphatic heterocycles. The predicted octanol–water partition coefficient (Wildman–Crippen LogP) is 5.61. The van der Waals surface area contributed by atoms with Gasteiger partial charge in [-0.3, -0.25) is 0 Å². The molecule has 0 saturated carbocycles. The summed E-state index contributed by atoms with van der Waals surface area (Å²) in [5.74, 6) is 0. The van der Waals surface area contributed by atoms with Crippen molar-refractivity contribution in [2.45, 2.75) is 28.5 Å². The molecule has 0 bridgehead atoms. The van der Waals surface area contributed by atoms with E-state index in [1.807, 2.05) is 0 Å². The van der Waals surface area contributed by atoms with E-state index in [0.717, 1.165) is 0 Å². The number of aliphatic hydroxyl groups is 1. The molecule has 3 aromatic carbocycles. The molecule has 152 valence electrons. The van der Waals surface area contributed by atoms with E-state index < -0.39 is 21.6 Å². The highest BCUT2D eigenvalue weighted by Gasteiger charge is 2.51. The first-order valence-electron chi connectivity index (χ1n) is 8.44. The summed E-state index contributed by atoms with van der Waals surface area (Å²) in [6.07, 6.45) is -4.81. The van der Waals surface area contributed by atoms with Crippen LogP contribution in [0, 0.1) is 0 Å². The Labute approximate surface area is 171 Å². The molecule has 0 radical (unpaired) electrons. The SMILES string of the molecule is C[C@@](O)(c1ccc(-c2ccc(S(=O)(=O)c3ccccc3)c(Cl)c2)cc1)C(F)(F)F. The highest BCUT2D eigenvalue weighted by atomic mass is 35.5. The molecule has 1 N–H and O–H groups in total. The van der Waals surface area contributed by atoms with Crippen LogP contribution < -0.4 is 0 Å². The van der Waals surface area contributed by atoms with Crippen LogP contribution in [0.15, 0.2) is 82.6 Å². The average molecular weight is 441 g/mol. The number of halogens is 4. The van der Waals surface area contributed by atoms with Gasteiger partial charge in [-0.05, 0) is 47.9 Å². The van der Waals surface area contributed by atoms with E-state index in [1.165, 1.54) is 54.6 Å². The summed E-state index contributed by atoms with van der Waals surface area (Å²) in [6, 6.07) is 17.3. The first kappa shape index (κ1) is 21.4. The molecule has 0 aliphatic carbocycles. The number of hydrogen-bond donors (Lipinski definition) is 1. The zero-order valence-electron chi connectivity index (χ0n) is 15.1. The van der Waals surface area contributed by atoms with Crippen LogP contribution in [0.2, 0.25) is 5.02 Å². The number of benzene rings is 3. The molecule has 0 spiro atoms. The summed E-state index contributed by atoms with van der Waals surface area (Å²) >= 11 is 6.21. The van der Waals surface area contributed by atoms with E-state index in [9.17, 15) is 26.7 Å². The number of alkyl halides is 3. The van der Waals surface area contributed by atoms with Crippen molar-refractivity contribution in [2.75, 3.05) is 0 Å². The maximum absolute atomic E-state index is 13.0. The Kier molecular flexibility index (Phi) is 5.51. The Bertz CT molecular complexity index is 1120. The van der Waals surface area contributed by atoms with Crippen molar-refractivity contribution in [3.05, 3.63) is 83.4 Å². The van der Waals surface area contributed by atoms with Crippen LogP contribution in [0.5, 0.6) is 0 Å². The van der Waals surface area contributed by atoms with E-state index in [4.69, 9.17) is 11.6 Å². The molecule has 1 atom stereocenters. The summed E-state index contributed by atoms with van der Waals surface area (Å²) in [7, 11) is -3.80. The minimum Gasteiger partial charge on any atom is -0.376 e. The largest absolute Gasteiger partial charge is 0.421 e. The van der Waals surface area contributed by atoms with Crippen molar-refractivity contribution in [1.82, 2.24) is 0 Å². The molecule has 0 amide bonds. The molecule has 3 rings (SSSR count). The third-order valence-electron chi connectivity index (χ3n) is 4.61. The second kappa shape index (κ2) is 7.48. The van der Waals surface area contributed by atoms with Crippen molar-refractivity contribution in [3.63, 3.8) is 0 Å². The molecule has 3 aromatic rings. The van der Waals surface area contributed by atoms with Gasteiger partial charge in [0.25, 0.3) is 0 Å². The lowest BCUT2D eigenvalue weighted by Gasteiger charge is -2.26. The van der Waals surface area contributed by atoms with Crippen LogP contribution in [0.25, 0.3) is 11.1 Å². The maximum Gasteiger partial charge on any atom is 0.421 e. The fourth-order valence-electron chi connectivity index (χ4n) is 2.78. The summed E-state index contributed by atoms with van der Waals surface area (Å²) in [5.41, 5.74) is -2.22. The van der Waals surface area contributed by atoms with Gasteiger partial charge in [0.05, 0.1) is 14.8 Å². The smallest absolute Gasteiger partial charge is 0.376 e. The molecule has 0 aliphatic rings. The topological polar surface area (TPSA) is 54.4 Å². The van der Waals surface area contributed by atoms with Crippen molar-refractivity contribution < 1.29 is 26.7 Å². The minimum atomic E-state index is -4.81. The van der Waals surface area contributed by atoms with Crippen LogP contribution >= 0.6 is 11.6 Å². The van der Waals surface area contributed by atoms with Gasteiger partial charge < -0.3 is 5.11 Å². The highest BCUT2D eigenvalue weighted by Crippen LogP contribution is 2.39. The summed E-state index contributed by atoms with van der Waals surface area (Å²) < 4.78 is 64.4. The summed E-state index contributed by atoms with van der Waals surface area (Å²) in [5, 5.41) is 9.75. The van der Waals surface area contributed by atoms with Crippen molar-refractivity contribution >= 4 is 21.4 Å². The van der Waals surface area contributed by atoms with Gasteiger partial charge >= 0.3 is 6.18 Å². The lowest BCUT2D eigenvalue weighted by Crippen LogP contribution is -2.39. The number of hydrogen-bond acceptors (Lipinski definition) is 3. The van der Waals surface area contributed by atoms with Crippen LogP contribution in [-0.2, 0) is 15.4 Å².